The summed E-state index contributed by atoms with van der Waals surface area (Å²) in [6.45, 7) is -0.133. The Morgan fingerprint density at radius 3 is 2.54 bits per heavy atom. The molecule has 0 atom stereocenters. The first-order valence-corrected chi connectivity index (χ1v) is 7.72. The molecule has 7 nitrogen and oxygen atoms in total. The van der Waals surface area contributed by atoms with Gasteiger partial charge in [0.15, 0.2) is 0 Å². The summed E-state index contributed by atoms with van der Waals surface area (Å²) in [5.41, 5.74) is 2.18. The van der Waals surface area contributed by atoms with E-state index in [1.807, 2.05) is 0 Å². The molecule has 24 heavy (non-hydrogen) atoms. The van der Waals surface area contributed by atoms with Gasteiger partial charge in [-0.1, -0.05) is 0 Å². The Kier molecular flexibility index (Phi) is 4.50. The van der Waals surface area contributed by atoms with Crippen molar-refractivity contribution in [2.45, 2.75) is 25.8 Å². The number of hydrogen-bond acceptors (Lipinski definition) is 5. The van der Waals surface area contributed by atoms with Crippen molar-refractivity contribution in [1.82, 2.24) is 9.78 Å². The number of ether oxygens (including phenoxy) is 2. The van der Waals surface area contributed by atoms with Gasteiger partial charge in [0.05, 0.1) is 19.9 Å². The van der Waals surface area contributed by atoms with Crippen LogP contribution in [0.25, 0.3) is 0 Å². The number of rotatable bonds is 5. The van der Waals surface area contributed by atoms with Crippen LogP contribution in [0.1, 0.15) is 17.7 Å². The normalized spacial score (nSPS) is 12.6. The molecule has 1 aromatic heterocycles. The zero-order chi connectivity index (χ0) is 17.1. The van der Waals surface area contributed by atoms with Gasteiger partial charge in [0.1, 0.15) is 18.0 Å². The van der Waals surface area contributed by atoms with Gasteiger partial charge in [-0.2, -0.15) is 5.10 Å². The third kappa shape index (κ3) is 3.40. The van der Waals surface area contributed by atoms with Crippen LogP contribution in [0.2, 0.25) is 0 Å². The maximum atomic E-state index is 12.2. The van der Waals surface area contributed by atoms with Gasteiger partial charge in [0.2, 0.25) is 5.91 Å². The second-order valence-corrected chi connectivity index (χ2v) is 5.62. The highest BCUT2D eigenvalue weighted by Gasteiger charge is 2.16. The van der Waals surface area contributed by atoms with E-state index in [0.717, 1.165) is 30.5 Å². The van der Waals surface area contributed by atoms with E-state index in [1.165, 1.54) is 18.9 Å². The van der Waals surface area contributed by atoms with E-state index in [1.54, 1.807) is 24.3 Å². The number of anilines is 1. The lowest BCUT2D eigenvalue weighted by Crippen LogP contribution is -2.30. The van der Waals surface area contributed by atoms with Crippen molar-refractivity contribution >= 4 is 11.6 Å². The molecule has 0 saturated heterocycles. The summed E-state index contributed by atoms with van der Waals surface area (Å²) >= 11 is 0. The Bertz CT molecular complexity index is 807. The van der Waals surface area contributed by atoms with Crippen LogP contribution in [0, 0.1) is 0 Å². The van der Waals surface area contributed by atoms with Crippen LogP contribution in [0.15, 0.2) is 29.1 Å². The first kappa shape index (κ1) is 16.0. The number of hydrogen-bond donors (Lipinski definition) is 1. The van der Waals surface area contributed by atoms with E-state index in [4.69, 9.17) is 9.47 Å². The number of aryl methyl sites for hydroxylation is 2. The fourth-order valence-electron chi connectivity index (χ4n) is 2.77. The molecule has 1 heterocycles. The van der Waals surface area contributed by atoms with E-state index in [0.29, 0.717) is 17.2 Å². The smallest absolute Gasteiger partial charge is 0.267 e. The lowest BCUT2D eigenvalue weighted by molar-refractivity contribution is -0.117. The average Bonchev–Trinajstić information content (AvgIpc) is 3.01. The Morgan fingerprint density at radius 2 is 1.88 bits per heavy atom. The van der Waals surface area contributed by atoms with E-state index in [2.05, 4.69) is 10.4 Å². The molecule has 126 valence electrons. The summed E-state index contributed by atoms with van der Waals surface area (Å²) in [5, 5.41) is 7.03. The van der Waals surface area contributed by atoms with Gasteiger partial charge in [-0.3, -0.25) is 9.59 Å². The number of aromatic nitrogens is 2. The molecule has 1 aromatic carbocycles. The third-order valence-electron chi connectivity index (χ3n) is 3.95. The van der Waals surface area contributed by atoms with Crippen LogP contribution in [0.5, 0.6) is 11.5 Å². The topological polar surface area (TPSA) is 82.5 Å². The molecule has 0 saturated carbocycles. The molecule has 0 unspecified atom stereocenters. The van der Waals surface area contributed by atoms with Gasteiger partial charge in [-0.15, -0.1) is 0 Å². The van der Waals surface area contributed by atoms with Gasteiger partial charge in [-0.25, -0.2) is 4.68 Å². The van der Waals surface area contributed by atoms with E-state index >= 15 is 0 Å². The molecule has 0 aliphatic heterocycles. The summed E-state index contributed by atoms with van der Waals surface area (Å²) < 4.78 is 11.5. The highest BCUT2D eigenvalue weighted by Crippen LogP contribution is 2.25. The Labute approximate surface area is 139 Å². The SMILES string of the molecule is COc1cc(NC(=O)Cn2nc3c(cc2=O)CCC3)cc(OC)c1. The Hall–Kier alpha value is -2.83. The molecular weight excluding hydrogens is 310 g/mol. The number of methoxy groups -OCH3 is 2. The maximum Gasteiger partial charge on any atom is 0.267 e. The van der Waals surface area contributed by atoms with Crippen molar-refractivity contribution in [2.24, 2.45) is 0 Å². The van der Waals surface area contributed by atoms with Crippen LogP contribution < -0.4 is 20.3 Å². The lowest BCUT2D eigenvalue weighted by atomic mass is 10.2. The first-order valence-electron chi connectivity index (χ1n) is 7.72. The van der Waals surface area contributed by atoms with Gasteiger partial charge in [0, 0.05) is 30.0 Å². The van der Waals surface area contributed by atoms with Crippen LogP contribution >= 0.6 is 0 Å². The monoisotopic (exact) mass is 329 g/mol. The summed E-state index contributed by atoms with van der Waals surface area (Å²) in [6, 6.07) is 6.65. The quantitative estimate of drug-likeness (QED) is 0.896. The molecule has 3 rings (SSSR count). The molecule has 7 heteroatoms. The lowest BCUT2D eigenvalue weighted by Gasteiger charge is -2.11. The van der Waals surface area contributed by atoms with Gasteiger partial charge in [-0.05, 0) is 24.8 Å². The minimum atomic E-state index is -0.335. The van der Waals surface area contributed by atoms with Crippen LogP contribution in [-0.2, 0) is 24.2 Å². The van der Waals surface area contributed by atoms with Crippen LogP contribution in [-0.4, -0.2) is 29.9 Å². The highest BCUT2D eigenvalue weighted by atomic mass is 16.5. The number of fused-ring (bicyclic) bond motifs is 1. The molecule has 1 aliphatic carbocycles. The van der Waals surface area contributed by atoms with Gasteiger partial charge >= 0.3 is 0 Å². The molecule has 0 radical (unpaired) electrons. The summed E-state index contributed by atoms with van der Waals surface area (Å²) in [4.78, 5) is 24.3. The predicted molar refractivity (Wildman–Crippen MR) is 88.7 cm³/mol. The zero-order valence-electron chi connectivity index (χ0n) is 13.7. The fraction of sp³-hybridized carbons (Fsp3) is 0.353. The molecular formula is C17H19N3O4. The molecule has 2 aromatic rings. The average molecular weight is 329 g/mol. The van der Waals surface area contributed by atoms with E-state index < -0.39 is 0 Å². The second-order valence-electron chi connectivity index (χ2n) is 5.62. The van der Waals surface area contributed by atoms with Crippen molar-refractivity contribution in [2.75, 3.05) is 19.5 Å². The Morgan fingerprint density at radius 1 is 1.17 bits per heavy atom. The highest BCUT2D eigenvalue weighted by molar-refractivity contribution is 5.91. The fourth-order valence-corrected chi connectivity index (χ4v) is 2.77. The minimum Gasteiger partial charge on any atom is -0.497 e. The van der Waals surface area contributed by atoms with E-state index in [-0.39, 0.29) is 18.0 Å². The van der Waals surface area contributed by atoms with Crippen LogP contribution in [0.4, 0.5) is 5.69 Å². The molecule has 0 fully saturated rings. The van der Waals surface area contributed by atoms with Crippen molar-refractivity contribution in [1.29, 1.82) is 0 Å². The first-order chi connectivity index (χ1) is 11.6. The molecule has 1 amide bonds. The van der Waals surface area contributed by atoms with Crippen molar-refractivity contribution in [3.8, 4) is 11.5 Å². The van der Waals surface area contributed by atoms with Gasteiger partial charge in [0.25, 0.3) is 5.56 Å². The largest absolute Gasteiger partial charge is 0.497 e. The molecule has 1 aliphatic rings. The van der Waals surface area contributed by atoms with Crippen molar-refractivity contribution in [3.63, 3.8) is 0 Å². The summed E-state index contributed by atoms with van der Waals surface area (Å²) in [7, 11) is 3.07. The molecule has 0 bridgehead atoms. The van der Waals surface area contributed by atoms with Crippen LogP contribution in [0.3, 0.4) is 0 Å². The van der Waals surface area contributed by atoms with Gasteiger partial charge < -0.3 is 14.8 Å². The number of nitrogens with one attached hydrogen (secondary N) is 1. The number of carbonyl (C=O) groups excluding carboxylic acids is 1. The maximum absolute atomic E-state index is 12.2. The van der Waals surface area contributed by atoms with Crippen molar-refractivity contribution < 1.29 is 14.3 Å². The third-order valence-corrected chi connectivity index (χ3v) is 3.95. The second kappa shape index (κ2) is 6.74. The number of nitrogens with zero attached hydrogens (tertiary/aromatic N) is 2. The molecule has 1 N–H and O–H groups in total. The number of carbonyl (C=O) groups is 1. The standard InChI is InChI=1S/C17H19N3O4/c1-23-13-7-12(8-14(9-13)24-2)18-16(21)10-20-17(22)6-11-4-3-5-15(11)19-20/h6-9H,3-5,10H2,1-2H3,(H,18,21). The minimum absolute atomic E-state index is 0.133. The zero-order valence-corrected chi connectivity index (χ0v) is 13.7. The Balaban J connectivity index is 1.76. The number of amides is 1. The predicted octanol–water partition coefficient (Wildman–Crippen LogP) is 1.39. The summed E-state index contributed by atoms with van der Waals surface area (Å²) in [6.07, 6.45) is 2.74. The van der Waals surface area contributed by atoms with E-state index in [9.17, 15) is 9.59 Å². The van der Waals surface area contributed by atoms with Crippen molar-refractivity contribution in [3.05, 3.63) is 45.9 Å². The molecule has 0 spiro atoms. The summed E-state index contributed by atoms with van der Waals surface area (Å²) in [5.74, 6) is 0.799. The number of benzene rings is 1.